The quantitative estimate of drug-likeness (QED) is 0.177. The number of carbonyl (C=O) groups excluding carboxylic acids is 1. The second-order valence-corrected chi connectivity index (χ2v) is 9.86. The van der Waals surface area contributed by atoms with E-state index < -0.39 is 5.97 Å². The van der Waals surface area contributed by atoms with Crippen molar-refractivity contribution in [2.45, 2.75) is 19.4 Å². The average molecular weight is 590 g/mol. The Kier molecular flexibility index (Phi) is 10.3. The smallest absolute Gasteiger partial charge is 0.339 e. The summed E-state index contributed by atoms with van der Waals surface area (Å²) in [6.07, 6.45) is 1.46. The number of hydrogen-bond acceptors (Lipinski definition) is 6. The highest BCUT2D eigenvalue weighted by atomic mass is 35.5. The topological polar surface area (TPSA) is 94.5 Å². The van der Waals surface area contributed by atoms with E-state index in [1.165, 1.54) is 27.4 Å². The first kappa shape index (κ1) is 30.3. The summed E-state index contributed by atoms with van der Waals surface area (Å²) in [5.74, 6) is 0.652. The fourth-order valence-corrected chi connectivity index (χ4v) is 4.76. The maximum atomic E-state index is 13.9. The second kappa shape index (κ2) is 14.3. The summed E-state index contributed by atoms with van der Waals surface area (Å²) < 4.78 is 22.2. The molecule has 1 amide bonds. The number of halogens is 1. The van der Waals surface area contributed by atoms with Gasteiger partial charge in [0.05, 0.1) is 21.3 Å². The van der Waals surface area contributed by atoms with E-state index in [1.807, 2.05) is 36.4 Å². The molecule has 8 nitrogen and oxygen atoms in total. The van der Waals surface area contributed by atoms with Crippen molar-refractivity contribution in [3.05, 3.63) is 112 Å². The largest absolute Gasteiger partial charge is 0.493 e. The van der Waals surface area contributed by atoms with Crippen LogP contribution in [0.1, 0.15) is 38.3 Å². The van der Waals surface area contributed by atoms with E-state index in [2.05, 4.69) is 0 Å². The van der Waals surface area contributed by atoms with Crippen LogP contribution in [0, 0.1) is 0 Å². The highest BCUT2D eigenvalue weighted by molar-refractivity contribution is 6.30. The van der Waals surface area contributed by atoms with Crippen LogP contribution >= 0.6 is 11.6 Å². The third kappa shape index (κ3) is 7.53. The van der Waals surface area contributed by atoms with Gasteiger partial charge in [-0.1, -0.05) is 48.0 Å². The first-order valence-corrected chi connectivity index (χ1v) is 13.6. The third-order valence-electron chi connectivity index (χ3n) is 6.62. The van der Waals surface area contributed by atoms with Gasteiger partial charge in [-0.25, -0.2) is 4.79 Å². The maximum absolute atomic E-state index is 13.9. The zero-order valence-electron chi connectivity index (χ0n) is 23.6. The van der Waals surface area contributed by atoms with Gasteiger partial charge in [-0.15, -0.1) is 0 Å². The Morgan fingerprint density at radius 2 is 1.48 bits per heavy atom. The molecular weight excluding hydrogens is 558 g/mol. The lowest BCUT2D eigenvalue weighted by Crippen LogP contribution is -2.32. The molecule has 0 aliphatic rings. The molecule has 42 heavy (non-hydrogen) atoms. The first-order valence-electron chi connectivity index (χ1n) is 13.3. The van der Waals surface area contributed by atoms with Gasteiger partial charge in [0.15, 0.2) is 11.5 Å². The molecule has 218 valence electrons. The summed E-state index contributed by atoms with van der Waals surface area (Å²) in [4.78, 5) is 27.2. The number of amides is 1. The lowest BCUT2D eigenvalue weighted by molar-refractivity contribution is 0.0692. The Labute approximate surface area is 250 Å². The van der Waals surface area contributed by atoms with Crippen LogP contribution in [0.25, 0.3) is 0 Å². The molecule has 0 atom stereocenters. The Morgan fingerprint density at radius 3 is 2.10 bits per heavy atom. The van der Waals surface area contributed by atoms with Crippen LogP contribution in [0.5, 0.6) is 28.7 Å². The molecule has 0 spiro atoms. The molecule has 0 bridgehead atoms. The number of ether oxygens (including phenoxy) is 4. The van der Waals surface area contributed by atoms with Crippen molar-refractivity contribution in [2.24, 2.45) is 0 Å². The van der Waals surface area contributed by atoms with Crippen molar-refractivity contribution in [2.75, 3.05) is 27.9 Å². The number of carboxylic acid groups (broad SMARTS) is 1. The Balaban J connectivity index is 1.56. The van der Waals surface area contributed by atoms with Crippen LogP contribution in [-0.4, -0.2) is 49.8 Å². The molecule has 1 N–H and O–H groups in total. The number of hydrogen-bond donors (Lipinski definition) is 1. The van der Waals surface area contributed by atoms with Crippen LogP contribution < -0.4 is 18.9 Å². The molecule has 4 aromatic rings. The molecule has 0 fully saturated rings. The number of nitrogens with zero attached hydrogens (tertiary/aromatic N) is 1. The van der Waals surface area contributed by atoms with E-state index in [9.17, 15) is 14.7 Å². The van der Waals surface area contributed by atoms with Gasteiger partial charge < -0.3 is 29.0 Å². The average Bonchev–Trinajstić information content (AvgIpc) is 3.00. The fraction of sp³-hybridized carbons (Fsp3) is 0.212. The number of benzene rings is 4. The number of para-hydroxylation sites is 1. The number of methoxy groups -OCH3 is 3. The van der Waals surface area contributed by atoms with Gasteiger partial charge in [0.25, 0.3) is 5.91 Å². The van der Waals surface area contributed by atoms with Gasteiger partial charge in [-0.2, -0.15) is 0 Å². The van der Waals surface area contributed by atoms with E-state index >= 15 is 0 Å². The molecule has 0 unspecified atom stereocenters. The monoisotopic (exact) mass is 589 g/mol. The van der Waals surface area contributed by atoms with Crippen LogP contribution in [-0.2, 0) is 13.0 Å². The minimum absolute atomic E-state index is 0.0726. The molecular formula is C33H32ClNO7. The van der Waals surface area contributed by atoms with Gasteiger partial charge in [-0.3, -0.25) is 4.79 Å². The fourth-order valence-electron chi connectivity index (χ4n) is 4.55. The molecule has 0 radical (unpaired) electrons. The molecule has 4 aromatic carbocycles. The van der Waals surface area contributed by atoms with Crippen molar-refractivity contribution in [3.8, 4) is 28.7 Å². The summed E-state index contributed by atoms with van der Waals surface area (Å²) >= 11 is 6.16. The van der Waals surface area contributed by atoms with Gasteiger partial charge in [0, 0.05) is 23.7 Å². The van der Waals surface area contributed by atoms with Crippen molar-refractivity contribution in [1.29, 1.82) is 0 Å². The van der Waals surface area contributed by atoms with Crippen molar-refractivity contribution >= 4 is 23.5 Å². The van der Waals surface area contributed by atoms with E-state index in [4.69, 9.17) is 30.5 Å². The molecule has 0 heterocycles. The maximum Gasteiger partial charge on any atom is 0.339 e. The number of carbonyl (C=O) groups is 2. The summed E-state index contributed by atoms with van der Waals surface area (Å²) in [5.41, 5.74) is 2.43. The Hall–Kier alpha value is -4.69. The lowest BCUT2D eigenvalue weighted by Gasteiger charge is -2.24. The van der Waals surface area contributed by atoms with Gasteiger partial charge >= 0.3 is 5.97 Å². The van der Waals surface area contributed by atoms with E-state index in [-0.39, 0.29) is 17.2 Å². The number of aromatic carboxylic acids is 1. The lowest BCUT2D eigenvalue weighted by atomic mass is 10.1. The summed E-state index contributed by atoms with van der Waals surface area (Å²) in [7, 11) is 4.53. The van der Waals surface area contributed by atoms with Gasteiger partial charge in [0.1, 0.15) is 17.1 Å². The predicted molar refractivity (Wildman–Crippen MR) is 161 cm³/mol. The molecule has 0 saturated heterocycles. The van der Waals surface area contributed by atoms with Crippen molar-refractivity contribution in [1.82, 2.24) is 4.90 Å². The van der Waals surface area contributed by atoms with E-state index in [0.29, 0.717) is 53.1 Å². The van der Waals surface area contributed by atoms with Crippen LogP contribution in [0.3, 0.4) is 0 Å². The Bertz CT molecular complexity index is 1510. The van der Waals surface area contributed by atoms with Crippen molar-refractivity contribution < 1.29 is 33.6 Å². The van der Waals surface area contributed by atoms with Crippen LogP contribution in [0.2, 0.25) is 5.02 Å². The minimum atomic E-state index is -1.07. The standard InChI is InChI=1S/C33H32ClNO7/c1-39-29-19-24(20-30(40-2)31(29)41-3)32(36)35(17-7-9-22-8-6-10-25(34)18-22)21-23-13-15-26(16-14-23)42-28-12-5-4-11-27(28)33(37)38/h4-6,8,10-16,18-20H,7,9,17,21H2,1-3H3,(H,37,38). The summed E-state index contributed by atoms with van der Waals surface area (Å²) in [5, 5.41) is 10.1. The molecule has 4 rings (SSSR count). The zero-order valence-corrected chi connectivity index (χ0v) is 24.4. The molecule has 0 aromatic heterocycles. The second-order valence-electron chi connectivity index (χ2n) is 9.42. The molecule has 0 aliphatic carbocycles. The first-order chi connectivity index (χ1) is 20.3. The van der Waals surface area contributed by atoms with Crippen LogP contribution in [0.15, 0.2) is 84.9 Å². The van der Waals surface area contributed by atoms with Gasteiger partial charge in [-0.05, 0) is 72.5 Å². The SMILES string of the molecule is COc1cc(C(=O)N(CCCc2cccc(Cl)c2)Cc2ccc(Oc3ccccc3C(=O)O)cc2)cc(OC)c1OC. The van der Waals surface area contributed by atoms with Crippen LogP contribution in [0.4, 0.5) is 0 Å². The third-order valence-corrected chi connectivity index (χ3v) is 6.86. The summed E-state index contributed by atoms with van der Waals surface area (Å²) in [6, 6.07) is 24.6. The summed E-state index contributed by atoms with van der Waals surface area (Å²) in [6.45, 7) is 0.809. The number of aryl methyl sites for hydroxylation is 1. The van der Waals surface area contributed by atoms with E-state index in [1.54, 1.807) is 47.4 Å². The van der Waals surface area contributed by atoms with Crippen molar-refractivity contribution in [3.63, 3.8) is 0 Å². The highest BCUT2D eigenvalue weighted by Crippen LogP contribution is 2.38. The zero-order chi connectivity index (χ0) is 30.1. The molecule has 0 aliphatic heterocycles. The van der Waals surface area contributed by atoms with Gasteiger partial charge in [0.2, 0.25) is 5.75 Å². The minimum Gasteiger partial charge on any atom is -0.493 e. The normalized spacial score (nSPS) is 10.6. The highest BCUT2D eigenvalue weighted by Gasteiger charge is 2.22. The molecule has 9 heteroatoms. The number of carboxylic acids is 1. The Morgan fingerprint density at radius 1 is 0.786 bits per heavy atom. The predicted octanol–water partition coefficient (Wildman–Crippen LogP) is 7.13. The number of rotatable bonds is 13. The van der Waals surface area contributed by atoms with E-state index in [0.717, 1.165) is 17.5 Å². The molecule has 0 saturated carbocycles.